The summed E-state index contributed by atoms with van der Waals surface area (Å²) in [6.07, 6.45) is 3.29. The van der Waals surface area contributed by atoms with Gasteiger partial charge in [0.15, 0.2) is 5.75 Å². The maximum absolute atomic E-state index is 13.1. The highest BCUT2D eigenvalue weighted by molar-refractivity contribution is 6.32. The Balaban J connectivity index is 0.999. The number of nitrogens with zero attached hydrogens (tertiary/aromatic N) is 3. The van der Waals surface area contributed by atoms with Gasteiger partial charge in [0.25, 0.3) is 0 Å². The smallest absolute Gasteiger partial charge is 0.219 e. The van der Waals surface area contributed by atoms with E-state index in [9.17, 15) is 9.18 Å². The highest BCUT2D eigenvalue weighted by Gasteiger charge is 2.21. The number of carbonyl (C=O) groups is 1. The molecule has 5 aromatic rings. The van der Waals surface area contributed by atoms with Crippen LogP contribution in [-0.4, -0.2) is 60.4 Å². The number of pyridine rings is 1. The Kier molecular flexibility index (Phi) is 13.2. The Morgan fingerprint density at radius 1 is 0.830 bits per heavy atom. The van der Waals surface area contributed by atoms with Crippen molar-refractivity contribution in [3.63, 3.8) is 0 Å². The number of allylic oxidation sites excluding steroid dienone is 1. The van der Waals surface area contributed by atoms with Crippen molar-refractivity contribution in [1.82, 2.24) is 14.8 Å². The molecule has 1 aliphatic heterocycles. The fraction of sp³-hybridized carbons (Fsp3) is 0.256. The van der Waals surface area contributed by atoms with E-state index in [2.05, 4.69) is 39.0 Å². The second kappa shape index (κ2) is 18.3. The molecule has 10 heteroatoms. The van der Waals surface area contributed by atoms with E-state index in [1.54, 1.807) is 30.5 Å². The standard InChI is InChI=1S/C43H42Cl2FN3O4/c1-30-23-35(24-41(45)43(30)53-42-16-15-38(25-47-42)52-29-34-5-3-4-6-40(34)44)39(31(2)28-50)27-49-20-18-48(19-21-49)26-33-9-7-32(8-10-33)17-22-51-37-13-11-36(46)12-14-37/h3-16,23-25,28H,17-22,26-27,29H2,1-2H3/b39-31-. The molecule has 4 aromatic carbocycles. The van der Waals surface area contributed by atoms with E-state index in [0.29, 0.717) is 58.5 Å². The number of rotatable bonds is 15. The number of hydrogen-bond donors (Lipinski definition) is 0. The van der Waals surface area contributed by atoms with Gasteiger partial charge in [0.05, 0.1) is 17.8 Å². The molecule has 0 bridgehead atoms. The second-order valence-corrected chi connectivity index (χ2v) is 13.9. The average Bonchev–Trinajstić information content (AvgIpc) is 3.17. The first-order valence-corrected chi connectivity index (χ1v) is 18.4. The largest absolute Gasteiger partial charge is 0.493 e. The monoisotopic (exact) mass is 753 g/mol. The third-order valence-corrected chi connectivity index (χ3v) is 9.90. The van der Waals surface area contributed by atoms with Crippen LogP contribution >= 0.6 is 23.2 Å². The molecule has 0 N–H and O–H groups in total. The molecule has 0 atom stereocenters. The van der Waals surface area contributed by atoms with Gasteiger partial charge in [0, 0.05) is 62.3 Å². The third kappa shape index (κ3) is 10.7. The van der Waals surface area contributed by atoms with Crippen LogP contribution in [-0.2, 0) is 24.4 Å². The van der Waals surface area contributed by atoms with Crippen LogP contribution in [0.1, 0.15) is 34.7 Å². The van der Waals surface area contributed by atoms with E-state index in [1.165, 1.54) is 23.3 Å². The van der Waals surface area contributed by atoms with E-state index >= 15 is 0 Å². The predicted molar refractivity (Wildman–Crippen MR) is 209 cm³/mol. The Bertz CT molecular complexity index is 1990. The van der Waals surface area contributed by atoms with Gasteiger partial charge < -0.3 is 14.2 Å². The molecule has 0 amide bonds. The van der Waals surface area contributed by atoms with Gasteiger partial charge in [-0.05, 0) is 95.8 Å². The molecule has 1 fully saturated rings. The van der Waals surface area contributed by atoms with Gasteiger partial charge in [-0.1, -0.05) is 65.7 Å². The minimum Gasteiger partial charge on any atom is -0.493 e. The van der Waals surface area contributed by atoms with E-state index < -0.39 is 0 Å². The molecule has 0 aliphatic carbocycles. The van der Waals surface area contributed by atoms with Gasteiger partial charge in [-0.3, -0.25) is 14.6 Å². The lowest BCUT2D eigenvalue weighted by Crippen LogP contribution is -2.46. The van der Waals surface area contributed by atoms with Crippen LogP contribution in [0.25, 0.3) is 5.57 Å². The van der Waals surface area contributed by atoms with Crippen LogP contribution in [0.3, 0.4) is 0 Å². The number of carbonyl (C=O) groups excluding carboxylic acids is 1. The summed E-state index contributed by atoms with van der Waals surface area (Å²) in [5.74, 6) is 1.88. The molecule has 274 valence electrons. The van der Waals surface area contributed by atoms with Crippen molar-refractivity contribution in [2.24, 2.45) is 0 Å². The highest BCUT2D eigenvalue weighted by atomic mass is 35.5. The second-order valence-electron chi connectivity index (χ2n) is 13.1. The molecule has 0 radical (unpaired) electrons. The van der Waals surface area contributed by atoms with Gasteiger partial charge in [-0.2, -0.15) is 0 Å². The van der Waals surface area contributed by atoms with Crippen molar-refractivity contribution in [1.29, 1.82) is 0 Å². The summed E-state index contributed by atoms with van der Waals surface area (Å²) in [6.45, 7) is 9.77. The summed E-state index contributed by atoms with van der Waals surface area (Å²) >= 11 is 13.0. The van der Waals surface area contributed by atoms with Gasteiger partial charge >= 0.3 is 0 Å². The number of ether oxygens (including phenoxy) is 3. The first-order valence-electron chi connectivity index (χ1n) is 17.6. The van der Waals surface area contributed by atoms with E-state index in [0.717, 1.165) is 67.7 Å². The molecule has 0 spiro atoms. The summed E-state index contributed by atoms with van der Waals surface area (Å²) in [5, 5.41) is 1.09. The Morgan fingerprint density at radius 3 is 2.21 bits per heavy atom. The van der Waals surface area contributed by atoms with Gasteiger partial charge in [0.1, 0.15) is 30.2 Å². The molecule has 1 aromatic heterocycles. The van der Waals surface area contributed by atoms with Crippen LogP contribution in [0, 0.1) is 12.7 Å². The third-order valence-electron chi connectivity index (χ3n) is 9.25. The number of halogens is 3. The fourth-order valence-corrected chi connectivity index (χ4v) is 6.65. The number of benzene rings is 4. The van der Waals surface area contributed by atoms with Crippen molar-refractivity contribution in [3.8, 4) is 23.1 Å². The zero-order valence-corrected chi connectivity index (χ0v) is 31.4. The first kappa shape index (κ1) is 38.0. The Labute approximate surface area is 320 Å². The number of aryl methyl sites for hydroxylation is 1. The van der Waals surface area contributed by atoms with Crippen LogP contribution in [0.5, 0.6) is 23.1 Å². The number of hydrogen-bond acceptors (Lipinski definition) is 7. The van der Waals surface area contributed by atoms with Crippen LogP contribution < -0.4 is 14.2 Å². The van der Waals surface area contributed by atoms with Crippen molar-refractivity contribution < 1.29 is 23.4 Å². The van der Waals surface area contributed by atoms with Crippen molar-refractivity contribution in [2.45, 2.75) is 33.4 Å². The summed E-state index contributed by atoms with van der Waals surface area (Å²) in [5.41, 5.74) is 6.70. The molecule has 53 heavy (non-hydrogen) atoms. The SMILES string of the molecule is C/C(C=O)=C(\CN1CCN(Cc2ccc(CCOc3ccc(F)cc3)cc2)CC1)c1cc(C)c(Oc2ccc(OCc3ccccc3Cl)cn2)c(Cl)c1. The van der Waals surface area contributed by atoms with Gasteiger partial charge in [0.2, 0.25) is 5.88 Å². The van der Waals surface area contributed by atoms with Crippen LogP contribution in [0.2, 0.25) is 10.0 Å². The Morgan fingerprint density at radius 2 is 1.53 bits per heavy atom. The number of aromatic nitrogens is 1. The number of aldehydes is 1. The zero-order valence-electron chi connectivity index (χ0n) is 29.9. The van der Waals surface area contributed by atoms with Gasteiger partial charge in [-0.15, -0.1) is 0 Å². The highest BCUT2D eigenvalue weighted by Crippen LogP contribution is 2.36. The lowest BCUT2D eigenvalue weighted by molar-refractivity contribution is -0.104. The maximum atomic E-state index is 13.1. The Hall–Kier alpha value is -4.73. The lowest BCUT2D eigenvalue weighted by Gasteiger charge is -2.35. The predicted octanol–water partition coefficient (Wildman–Crippen LogP) is 9.62. The molecule has 0 unspecified atom stereocenters. The molecular weight excluding hydrogens is 712 g/mol. The van der Waals surface area contributed by atoms with E-state index in [4.69, 9.17) is 37.4 Å². The zero-order chi connectivity index (χ0) is 37.2. The van der Waals surface area contributed by atoms with Crippen LogP contribution in [0.4, 0.5) is 4.39 Å². The molecular formula is C43H42Cl2FN3O4. The summed E-state index contributed by atoms with van der Waals surface area (Å²) in [4.78, 5) is 21.3. The quantitative estimate of drug-likeness (QED) is 0.0780. The lowest BCUT2D eigenvalue weighted by atomic mass is 9.98. The molecule has 0 saturated carbocycles. The summed E-state index contributed by atoms with van der Waals surface area (Å²) in [7, 11) is 0. The van der Waals surface area contributed by atoms with E-state index in [1.807, 2.05) is 50.2 Å². The maximum Gasteiger partial charge on any atom is 0.219 e. The minimum absolute atomic E-state index is 0.270. The van der Waals surface area contributed by atoms with Crippen LogP contribution in [0.15, 0.2) is 109 Å². The van der Waals surface area contributed by atoms with Crippen molar-refractivity contribution in [2.75, 3.05) is 39.3 Å². The minimum atomic E-state index is -0.270. The fourth-order valence-electron chi connectivity index (χ4n) is 6.16. The first-order chi connectivity index (χ1) is 25.7. The normalized spacial score (nSPS) is 14.1. The molecule has 2 heterocycles. The molecule has 1 aliphatic rings. The molecule has 6 rings (SSSR count). The average molecular weight is 755 g/mol. The van der Waals surface area contributed by atoms with Crippen molar-refractivity contribution in [3.05, 3.63) is 153 Å². The van der Waals surface area contributed by atoms with E-state index in [-0.39, 0.29) is 5.82 Å². The topological polar surface area (TPSA) is 64.1 Å². The summed E-state index contributed by atoms with van der Waals surface area (Å²) in [6, 6.07) is 29.7. The van der Waals surface area contributed by atoms with Crippen molar-refractivity contribution >= 4 is 35.1 Å². The number of piperazine rings is 1. The molecule has 1 saturated heterocycles. The molecule has 7 nitrogen and oxygen atoms in total. The summed E-state index contributed by atoms with van der Waals surface area (Å²) < 4.78 is 30.8. The van der Waals surface area contributed by atoms with Gasteiger partial charge in [-0.25, -0.2) is 9.37 Å².